The Morgan fingerprint density at radius 2 is 1.47 bits per heavy atom. The maximum Gasteiger partial charge on any atom is 0.481 e. The average molecular weight is 785 g/mol. The van der Waals surface area contributed by atoms with Gasteiger partial charge in [0.25, 0.3) is 5.56 Å². The van der Waals surface area contributed by atoms with Crippen molar-refractivity contribution in [1.82, 2.24) is 9.55 Å². The lowest BCUT2D eigenvalue weighted by Gasteiger charge is -2.49. The van der Waals surface area contributed by atoms with Crippen LogP contribution in [0.2, 0.25) is 0 Å². The van der Waals surface area contributed by atoms with Crippen molar-refractivity contribution in [2.75, 3.05) is 33.5 Å². The monoisotopic (exact) mass is 784 g/mol. The number of aromatic nitrogens is 2. The van der Waals surface area contributed by atoms with Crippen LogP contribution in [0.1, 0.15) is 19.1 Å². The first-order valence-corrected chi connectivity index (χ1v) is 18.3. The summed E-state index contributed by atoms with van der Waals surface area (Å²) in [6, 6.07) is 0.914. The highest BCUT2D eigenvalue weighted by Crippen LogP contribution is 2.61. The number of H-pyrrole nitrogens is 1. The molecule has 0 spiro atoms. The summed E-state index contributed by atoms with van der Waals surface area (Å²) in [5.41, 5.74) is -4.15. The lowest BCUT2D eigenvalue weighted by molar-refractivity contribution is -0.296. The van der Waals surface area contributed by atoms with Crippen molar-refractivity contribution in [2.45, 2.75) is 92.0 Å². The molecule has 0 bridgehead atoms. The van der Waals surface area contributed by atoms with Crippen molar-refractivity contribution in [3.63, 3.8) is 0 Å². The van der Waals surface area contributed by atoms with Crippen molar-refractivity contribution in [2.24, 2.45) is 5.92 Å². The highest BCUT2D eigenvalue weighted by atomic mass is 31.3. The van der Waals surface area contributed by atoms with Crippen LogP contribution in [0.4, 0.5) is 0 Å². The van der Waals surface area contributed by atoms with E-state index in [1.165, 1.54) is 7.11 Å². The minimum atomic E-state index is -5.72. The molecular formula is C25H42N2O22P2. The number of aliphatic hydroxyl groups is 9. The number of nitrogens with one attached hydrogen (secondary N) is 1. The molecule has 294 valence electrons. The Morgan fingerprint density at radius 1 is 0.843 bits per heavy atom. The van der Waals surface area contributed by atoms with Gasteiger partial charge < -0.3 is 74.7 Å². The van der Waals surface area contributed by atoms with Crippen molar-refractivity contribution in [1.29, 1.82) is 0 Å². The Bertz CT molecular complexity index is 1510. The number of phosphoric ester groups is 2. The molecule has 3 aliphatic rings. The summed E-state index contributed by atoms with van der Waals surface area (Å²) in [5.74, 6) is -1.19. The summed E-state index contributed by atoms with van der Waals surface area (Å²) >= 11 is 0. The predicted molar refractivity (Wildman–Crippen MR) is 160 cm³/mol. The molecule has 0 radical (unpaired) electrons. The lowest BCUT2D eigenvalue weighted by atomic mass is 9.77. The summed E-state index contributed by atoms with van der Waals surface area (Å²) in [6.07, 6.45) is -20.3. The van der Waals surface area contributed by atoms with Crippen molar-refractivity contribution in [3.05, 3.63) is 33.1 Å². The average Bonchev–Trinajstić information content (AvgIpc) is 3.35. The number of aliphatic hydroxyl groups excluding tert-OH is 9. The van der Waals surface area contributed by atoms with Gasteiger partial charge in [-0.15, -0.1) is 0 Å². The molecule has 3 fully saturated rings. The molecule has 26 heteroatoms. The van der Waals surface area contributed by atoms with E-state index in [0.717, 1.165) is 12.3 Å². The van der Waals surface area contributed by atoms with Gasteiger partial charge in [0.15, 0.2) is 12.5 Å². The van der Waals surface area contributed by atoms with Gasteiger partial charge in [-0.3, -0.25) is 23.4 Å². The topological polar surface area (TPSA) is 376 Å². The first-order valence-electron chi connectivity index (χ1n) is 15.3. The molecule has 0 aliphatic carbocycles. The largest absolute Gasteiger partial charge is 0.481 e. The zero-order valence-corrected chi connectivity index (χ0v) is 28.4. The molecule has 4 heterocycles. The van der Waals surface area contributed by atoms with Gasteiger partial charge in [-0.05, 0) is 12.8 Å². The predicted octanol–water partition coefficient (Wildman–Crippen LogP) is -5.90. The summed E-state index contributed by atoms with van der Waals surface area (Å²) in [7, 11) is -10.2. The Labute approximate surface area is 287 Å². The molecule has 1 aromatic heterocycles. The van der Waals surface area contributed by atoms with Crippen LogP contribution in [-0.4, -0.2) is 172 Å². The minimum Gasteiger partial charge on any atom is -0.394 e. The van der Waals surface area contributed by atoms with Gasteiger partial charge in [0, 0.05) is 25.3 Å². The van der Waals surface area contributed by atoms with E-state index >= 15 is 0 Å². The van der Waals surface area contributed by atoms with Gasteiger partial charge in [0.1, 0.15) is 60.5 Å². The van der Waals surface area contributed by atoms with Gasteiger partial charge in [0.2, 0.25) is 0 Å². The fraction of sp³-hybridized carbons (Fsp3) is 0.840. The molecular weight excluding hydrogens is 742 g/mol. The van der Waals surface area contributed by atoms with Crippen molar-refractivity contribution < 1.29 is 97.2 Å². The number of hydrogen-bond acceptors (Lipinski definition) is 20. The van der Waals surface area contributed by atoms with Crippen LogP contribution in [0.5, 0.6) is 0 Å². The van der Waals surface area contributed by atoms with Crippen LogP contribution in [0.15, 0.2) is 21.9 Å². The van der Waals surface area contributed by atoms with Crippen LogP contribution in [0.3, 0.4) is 0 Å². The molecule has 24 nitrogen and oxygen atoms in total. The van der Waals surface area contributed by atoms with E-state index in [1.54, 1.807) is 0 Å². The standard InChI is InChI=1S/C25H42N2O22P2/c1-43-23-16(32)10(15(31)11(6-28)47-23)2-4-25(21(37)19(35)17(33)12(7-29)48-25)9-45-51(41,42)49-50(39,40)44-8-13-18(34)20(36)22(46-13)27-5-3-14(30)26-24(27)38/h3,5,10-13,15-23,28-29,31-37H,2,4,6-9H2,1H3,(H,39,40)(H,41,42)(H,26,30,38)/t10-,11+,12+,13+,15+,16+,17-,18+,19-,20+,21+,22+,23+,25-/m0/s1. The van der Waals surface area contributed by atoms with Crippen molar-refractivity contribution in [3.8, 4) is 0 Å². The molecule has 51 heavy (non-hydrogen) atoms. The zero-order chi connectivity index (χ0) is 38.1. The van der Waals surface area contributed by atoms with Gasteiger partial charge in [-0.25, -0.2) is 13.9 Å². The van der Waals surface area contributed by atoms with E-state index in [9.17, 15) is 74.5 Å². The number of rotatable bonds is 15. The van der Waals surface area contributed by atoms with E-state index in [1.807, 2.05) is 4.98 Å². The molecule has 16 atom stereocenters. The van der Waals surface area contributed by atoms with Gasteiger partial charge in [-0.2, -0.15) is 4.31 Å². The molecule has 0 amide bonds. The Balaban J connectivity index is 1.46. The van der Waals surface area contributed by atoms with E-state index < -0.39 is 145 Å². The van der Waals surface area contributed by atoms with Crippen molar-refractivity contribution >= 4 is 15.6 Å². The van der Waals surface area contributed by atoms with Crippen LogP contribution in [-0.2, 0) is 41.4 Å². The third-order valence-electron chi connectivity index (χ3n) is 8.86. The van der Waals surface area contributed by atoms with Crippen LogP contribution in [0, 0.1) is 5.92 Å². The number of phosphoric acid groups is 2. The summed E-state index contributed by atoms with van der Waals surface area (Å²) in [5, 5.41) is 93.3. The first kappa shape index (κ1) is 42.2. The Morgan fingerprint density at radius 3 is 2.08 bits per heavy atom. The van der Waals surface area contributed by atoms with E-state index in [-0.39, 0.29) is 6.42 Å². The molecule has 12 N–H and O–H groups in total. The second kappa shape index (κ2) is 16.8. The normalized spacial score (nSPS) is 41.2. The SMILES string of the molecule is CO[C@@H]1O[C@H](CO)[C@H](O)[C@H](CC[C@@]2(COP(=O)(O)OP(=O)(O)OC[C@H]3O[C@@H](n4ccc(=O)[nH]c4=O)[C@H](O)[C@@H]3O)O[C@H](CO)[C@H](O)[C@H](O)[C@H]2O)[C@H]1O. The molecule has 0 saturated carbocycles. The molecule has 1 aromatic rings. The second-order valence-electron chi connectivity index (χ2n) is 12.1. The fourth-order valence-corrected chi connectivity index (χ4v) is 8.21. The van der Waals surface area contributed by atoms with E-state index in [4.69, 9.17) is 23.5 Å². The zero-order valence-electron chi connectivity index (χ0n) is 26.7. The fourth-order valence-electron chi connectivity index (χ4n) is 6.07. The Kier molecular flexibility index (Phi) is 13.9. The molecule has 0 aromatic carbocycles. The number of methoxy groups -OCH3 is 1. The van der Waals surface area contributed by atoms with Gasteiger partial charge in [-0.1, -0.05) is 0 Å². The maximum absolute atomic E-state index is 12.9. The van der Waals surface area contributed by atoms with Gasteiger partial charge in [0.05, 0.1) is 32.5 Å². The van der Waals surface area contributed by atoms with Crippen LogP contribution >= 0.6 is 15.6 Å². The second-order valence-corrected chi connectivity index (χ2v) is 15.2. The molecule has 3 aliphatic heterocycles. The molecule has 2 unspecified atom stereocenters. The third-order valence-corrected chi connectivity index (χ3v) is 11.4. The third kappa shape index (κ3) is 9.39. The number of nitrogens with zero attached hydrogens (tertiary/aromatic N) is 1. The summed E-state index contributed by atoms with van der Waals surface area (Å²) in [6.45, 7) is -4.00. The lowest BCUT2D eigenvalue weighted by Crippen LogP contribution is -2.67. The van der Waals surface area contributed by atoms with E-state index in [0.29, 0.717) is 4.57 Å². The molecule has 3 saturated heterocycles. The molecule has 4 rings (SSSR count). The summed E-state index contributed by atoms with van der Waals surface area (Å²) in [4.78, 5) is 45.8. The maximum atomic E-state index is 12.9. The van der Waals surface area contributed by atoms with Gasteiger partial charge >= 0.3 is 21.3 Å². The number of hydrogen-bond donors (Lipinski definition) is 12. The highest BCUT2D eigenvalue weighted by Gasteiger charge is 2.56. The van der Waals surface area contributed by atoms with E-state index in [2.05, 4.69) is 8.83 Å². The number of aromatic amines is 1. The van der Waals surface area contributed by atoms with Crippen LogP contribution in [0.25, 0.3) is 0 Å². The smallest absolute Gasteiger partial charge is 0.394 e. The quantitative estimate of drug-likeness (QED) is 0.0737. The minimum absolute atomic E-state index is 0.372. The van der Waals surface area contributed by atoms with Crippen LogP contribution < -0.4 is 11.2 Å². The number of ether oxygens (including phenoxy) is 4. The first-order chi connectivity index (χ1) is 23.8. The summed E-state index contributed by atoms with van der Waals surface area (Å²) < 4.78 is 61.3. The highest BCUT2D eigenvalue weighted by molar-refractivity contribution is 7.61. The Hall–Kier alpha value is -1.58.